The molecule has 4 heteroatoms. The van der Waals surface area contributed by atoms with Crippen molar-refractivity contribution < 1.29 is 4.79 Å². The van der Waals surface area contributed by atoms with Gasteiger partial charge in [0.1, 0.15) is 0 Å². The molecule has 0 spiro atoms. The number of piperidine rings is 1. The number of rotatable bonds is 6. The predicted molar refractivity (Wildman–Crippen MR) is 76.6 cm³/mol. The lowest BCUT2D eigenvalue weighted by molar-refractivity contribution is -0.131. The zero-order valence-corrected chi connectivity index (χ0v) is 12.6. The Kier molecular flexibility index (Phi) is 6.30. The maximum atomic E-state index is 12.0. The molecule has 0 radical (unpaired) electrons. The Morgan fingerprint density at radius 3 is 2.37 bits per heavy atom. The summed E-state index contributed by atoms with van der Waals surface area (Å²) in [6.45, 7) is 7.65. The number of amides is 1. The summed E-state index contributed by atoms with van der Waals surface area (Å²) < 4.78 is 0. The van der Waals surface area contributed by atoms with Gasteiger partial charge in [0.15, 0.2) is 0 Å². The minimum atomic E-state index is 0.135. The molecule has 1 heterocycles. The van der Waals surface area contributed by atoms with Crippen molar-refractivity contribution in [2.75, 3.05) is 33.2 Å². The van der Waals surface area contributed by atoms with Crippen LogP contribution in [0.2, 0.25) is 0 Å². The zero-order valence-electron chi connectivity index (χ0n) is 12.6. The van der Waals surface area contributed by atoms with Crippen molar-refractivity contribution in [2.45, 2.75) is 46.0 Å². The Bertz CT molecular complexity index is 321. The van der Waals surface area contributed by atoms with Crippen molar-refractivity contribution >= 4 is 5.91 Å². The summed E-state index contributed by atoms with van der Waals surface area (Å²) in [6, 6.07) is 2.08. The SMILES string of the molecule is CCC1(CC)CCN(CC(=O)N(C)CCC#N)CC1. The molecule has 0 saturated carbocycles. The quantitative estimate of drug-likeness (QED) is 0.740. The Hall–Kier alpha value is -1.08. The molecule has 0 aromatic rings. The molecule has 1 aliphatic rings. The standard InChI is InChI=1S/C15H27N3O/c1-4-15(5-2)7-11-18(12-8-15)13-14(19)17(3)10-6-9-16/h4-8,10-13H2,1-3H3. The predicted octanol–water partition coefficient (Wildman–Crippen LogP) is 2.26. The third-order valence-corrected chi connectivity index (χ3v) is 4.76. The molecule has 1 fully saturated rings. The van der Waals surface area contributed by atoms with E-state index in [1.165, 1.54) is 25.7 Å². The molecular formula is C15H27N3O. The van der Waals surface area contributed by atoms with E-state index in [1.807, 2.05) is 0 Å². The van der Waals surface area contributed by atoms with Crippen molar-refractivity contribution in [3.63, 3.8) is 0 Å². The highest BCUT2D eigenvalue weighted by Crippen LogP contribution is 2.37. The molecule has 1 aliphatic heterocycles. The molecule has 1 saturated heterocycles. The number of carbonyl (C=O) groups excluding carboxylic acids is 1. The molecule has 19 heavy (non-hydrogen) atoms. The fourth-order valence-corrected chi connectivity index (χ4v) is 2.80. The molecule has 1 rings (SSSR count). The highest BCUT2D eigenvalue weighted by atomic mass is 16.2. The van der Waals surface area contributed by atoms with Gasteiger partial charge in [-0.15, -0.1) is 0 Å². The van der Waals surface area contributed by atoms with Gasteiger partial charge in [-0.2, -0.15) is 5.26 Å². The van der Waals surface area contributed by atoms with Gasteiger partial charge in [0, 0.05) is 13.6 Å². The fourth-order valence-electron chi connectivity index (χ4n) is 2.80. The third-order valence-electron chi connectivity index (χ3n) is 4.76. The molecule has 0 atom stereocenters. The first kappa shape index (κ1) is 16.0. The molecule has 4 nitrogen and oxygen atoms in total. The van der Waals surface area contributed by atoms with E-state index in [1.54, 1.807) is 11.9 Å². The smallest absolute Gasteiger partial charge is 0.236 e. The lowest BCUT2D eigenvalue weighted by Crippen LogP contribution is -2.45. The Balaban J connectivity index is 2.37. The number of hydrogen-bond acceptors (Lipinski definition) is 3. The molecule has 0 bridgehead atoms. The Morgan fingerprint density at radius 1 is 1.32 bits per heavy atom. The van der Waals surface area contributed by atoms with E-state index in [2.05, 4.69) is 24.8 Å². The van der Waals surface area contributed by atoms with Crippen molar-refractivity contribution in [1.82, 2.24) is 9.80 Å². The first-order valence-electron chi connectivity index (χ1n) is 7.40. The van der Waals surface area contributed by atoms with Crippen LogP contribution in [0.1, 0.15) is 46.0 Å². The van der Waals surface area contributed by atoms with Crippen LogP contribution in [0.25, 0.3) is 0 Å². The van der Waals surface area contributed by atoms with Crippen LogP contribution in [-0.2, 0) is 4.79 Å². The van der Waals surface area contributed by atoms with Crippen LogP contribution in [0.4, 0.5) is 0 Å². The van der Waals surface area contributed by atoms with E-state index in [4.69, 9.17) is 5.26 Å². The van der Waals surface area contributed by atoms with E-state index in [0.717, 1.165) is 13.1 Å². The van der Waals surface area contributed by atoms with Gasteiger partial charge < -0.3 is 4.90 Å². The van der Waals surface area contributed by atoms with Crippen LogP contribution in [0.5, 0.6) is 0 Å². The average Bonchev–Trinajstić information content (AvgIpc) is 2.45. The second kappa shape index (κ2) is 7.49. The summed E-state index contributed by atoms with van der Waals surface area (Å²) in [4.78, 5) is 15.9. The van der Waals surface area contributed by atoms with Gasteiger partial charge in [0.25, 0.3) is 0 Å². The summed E-state index contributed by atoms with van der Waals surface area (Å²) in [5.74, 6) is 0.135. The number of nitrogens with zero attached hydrogens (tertiary/aromatic N) is 3. The second-order valence-electron chi connectivity index (χ2n) is 5.71. The van der Waals surface area contributed by atoms with Crippen molar-refractivity contribution in [3.05, 3.63) is 0 Å². The van der Waals surface area contributed by atoms with Crippen LogP contribution in [-0.4, -0.2) is 48.9 Å². The molecule has 0 aromatic carbocycles. The molecule has 0 aliphatic carbocycles. The van der Waals surface area contributed by atoms with E-state index >= 15 is 0 Å². The molecular weight excluding hydrogens is 238 g/mol. The number of hydrogen-bond donors (Lipinski definition) is 0. The van der Waals surface area contributed by atoms with Crippen molar-refractivity contribution in [2.24, 2.45) is 5.41 Å². The molecule has 1 amide bonds. The van der Waals surface area contributed by atoms with E-state index in [9.17, 15) is 4.79 Å². The summed E-state index contributed by atoms with van der Waals surface area (Å²) in [5, 5.41) is 8.53. The third kappa shape index (κ3) is 4.50. The zero-order chi connectivity index (χ0) is 14.3. The highest BCUT2D eigenvalue weighted by Gasteiger charge is 2.31. The van der Waals surface area contributed by atoms with Gasteiger partial charge in [-0.05, 0) is 31.3 Å². The van der Waals surface area contributed by atoms with Gasteiger partial charge in [-0.1, -0.05) is 26.7 Å². The molecule has 0 aromatic heterocycles. The molecule has 0 N–H and O–H groups in total. The Labute approximate surface area is 117 Å². The first-order valence-corrected chi connectivity index (χ1v) is 7.40. The van der Waals surface area contributed by atoms with Crippen LogP contribution in [0.3, 0.4) is 0 Å². The second-order valence-corrected chi connectivity index (χ2v) is 5.71. The first-order chi connectivity index (χ1) is 9.06. The molecule has 0 unspecified atom stereocenters. The minimum absolute atomic E-state index is 0.135. The van der Waals surface area contributed by atoms with Crippen LogP contribution >= 0.6 is 0 Å². The fraction of sp³-hybridized carbons (Fsp3) is 0.867. The lowest BCUT2D eigenvalue weighted by Gasteiger charge is -2.41. The van der Waals surface area contributed by atoms with E-state index in [0.29, 0.717) is 24.9 Å². The monoisotopic (exact) mass is 265 g/mol. The number of nitriles is 1. The van der Waals surface area contributed by atoms with Crippen LogP contribution in [0.15, 0.2) is 0 Å². The normalized spacial score (nSPS) is 18.8. The van der Waals surface area contributed by atoms with Crippen LogP contribution in [0, 0.1) is 16.7 Å². The van der Waals surface area contributed by atoms with Crippen molar-refractivity contribution in [1.29, 1.82) is 5.26 Å². The summed E-state index contributed by atoms with van der Waals surface area (Å²) in [5.41, 5.74) is 0.506. The summed E-state index contributed by atoms with van der Waals surface area (Å²) >= 11 is 0. The Morgan fingerprint density at radius 2 is 1.89 bits per heavy atom. The maximum Gasteiger partial charge on any atom is 0.236 e. The van der Waals surface area contributed by atoms with Gasteiger partial charge in [0.2, 0.25) is 5.91 Å². The minimum Gasteiger partial charge on any atom is -0.344 e. The van der Waals surface area contributed by atoms with E-state index in [-0.39, 0.29) is 5.91 Å². The lowest BCUT2D eigenvalue weighted by atomic mass is 9.74. The summed E-state index contributed by atoms with van der Waals surface area (Å²) in [6.07, 6.45) is 5.31. The topological polar surface area (TPSA) is 47.3 Å². The molecule has 108 valence electrons. The van der Waals surface area contributed by atoms with Gasteiger partial charge in [-0.3, -0.25) is 9.69 Å². The van der Waals surface area contributed by atoms with Crippen LogP contribution < -0.4 is 0 Å². The van der Waals surface area contributed by atoms with Gasteiger partial charge in [-0.25, -0.2) is 0 Å². The largest absolute Gasteiger partial charge is 0.344 e. The number of likely N-dealkylation sites (tertiary alicyclic amines) is 1. The van der Waals surface area contributed by atoms with Crippen molar-refractivity contribution in [3.8, 4) is 6.07 Å². The number of carbonyl (C=O) groups is 1. The number of likely N-dealkylation sites (N-methyl/N-ethyl adjacent to an activating group) is 1. The van der Waals surface area contributed by atoms with E-state index < -0.39 is 0 Å². The maximum absolute atomic E-state index is 12.0. The highest BCUT2D eigenvalue weighted by molar-refractivity contribution is 5.78. The van der Waals surface area contributed by atoms with Gasteiger partial charge in [0.05, 0.1) is 19.0 Å². The average molecular weight is 265 g/mol. The summed E-state index contributed by atoms with van der Waals surface area (Å²) in [7, 11) is 1.78. The van der Waals surface area contributed by atoms with Gasteiger partial charge >= 0.3 is 0 Å².